The Morgan fingerprint density at radius 1 is 1.32 bits per heavy atom. The first-order chi connectivity index (χ1) is 9.08. The third-order valence-electron chi connectivity index (χ3n) is 2.64. The van der Waals surface area contributed by atoms with Crippen molar-refractivity contribution in [1.82, 2.24) is 9.97 Å². The first-order valence-electron chi connectivity index (χ1n) is 5.79. The summed E-state index contributed by atoms with van der Waals surface area (Å²) in [4.78, 5) is 8.04. The van der Waals surface area contributed by atoms with E-state index >= 15 is 0 Å². The number of nitrogens with one attached hydrogen (secondary N) is 1. The lowest BCUT2D eigenvalue weighted by atomic mass is 10.1. The molecule has 0 saturated heterocycles. The van der Waals surface area contributed by atoms with Gasteiger partial charge in [-0.15, -0.1) is 0 Å². The van der Waals surface area contributed by atoms with Crippen LogP contribution in [0.3, 0.4) is 0 Å². The monoisotopic (exact) mass is 278 g/mol. The minimum absolute atomic E-state index is 0.0395. The second-order valence-corrected chi connectivity index (χ2v) is 4.51. The highest BCUT2D eigenvalue weighted by molar-refractivity contribution is 6.30. The number of aromatic nitrogens is 2. The van der Waals surface area contributed by atoms with Crippen LogP contribution in [-0.4, -0.2) is 17.1 Å². The van der Waals surface area contributed by atoms with Gasteiger partial charge in [0.05, 0.1) is 7.11 Å². The molecule has 19 heavy (non-hydrogen) atoms. The predicted molar refractivity (Wildman–Crippen MR) is 76.5 cm³/mol. The standard InChI is InChI=1S/C13H15ClN4O/c1-8(9-4-3-5-10(14)6-9)16-11-7-12(19-2)18-13(15)17-11/h3-8H,1-2H3,(H3,15,16,17,18). The zero-order valence-electron chi connectivity index (χ0n) is 10.7. The van der Waals surface area contributed by atoms with Crippen molar-refractivity contribution in [3.8, 4) is 5.88 Å². The lowest BCUT2D eigenvalue weighted by Gasteiger charge is -2.15. The fourth-order valence-electron chi connectivity index (χ4n) is 1.70. The van der Waals surface area contributed by atoms with Crippen molar-refractivity contribution in [3.63, 3.8) is 0 Å². The number of anilines is 2. The Balaban J connectivity index is 2.18. The van der Waals surface area contributed by atoms with Crippen molar-refractivity contribution in [2.75, 3.05) is 18.2 Å². The molecule has 0 aliphatic rings. The van der Waals surface area contributed by atoms with Gasteiger partial charge in [-0.2, -0.15) is 9.97 Å². The molecule has 0 bridgehead atoms. The van der Waals surface area contributed by atoms with Gasteiger partial charge in [0, 0.05) is 17.1 Å². The Bertz CT molecular complexity index is 576. The number of ether oxygens (including phenoxy) is 1. The predicted octanol–water partition coefficient (Wildman–Crippen LogP) is 2.89. The van der Waals surface area contributed by atoms with E-state index in [1.54, 1.807) is 6.07 Å². The quantitative estimate of drug-likeness (QED) is 0.900. The van der Waals surface area contributed by atoms with Crippen molar-refractivity contribution in [2.45, 2.75) is 13.0 Å². The summed E-state index contributed by atoms with van der Waals surface area (Å²) in [5.41, 5.74) is 6.67. The third kappa shape index (κ3) is 3.48. The topological polar surface area (TPSA) is 73.1 Å². The summed E-state index contributed by atoms with van der Waals surface area (Å²) in [6.07, 6.45) is 0. The highest BCUT2D eigenvalue weighted by Gasteiger charge is 2.08. The zero-order chi connectivity index (χ0) is 13.8. The Kier molecular flexibility index (Phi) is 4.06. The van der Waals surface area contributed by atoms with E-state index < -0.39 is 0 Å². The van der Waals surface area contributed by atoms with Crippen LogP contribution < -0.4 is 15.8 Å². The van der Waals surface area contributed by atoms with Gasteiger partial charge >= 0.3 is 0 Å². The van der Waals surface area contributed by atoms with Crippen LogP contribution >= 0.6 is 11.6 Å². The van der Waals surface area contributed by atoms with E-state index in [0.29, 0.717) is 16.7 Å². The number of nitrogen functional groups attached to an aromatic ring is 1. The summed E-state index contributed by atoms with van der Waals surface area (Å²) in [6.45, 7) is 2.01. The highest BCUT2D eigenvalue weighted by Crippen LogP contribution is 2.22. The second-order valence-electron chi connectivity index (χ2n) is 4.07. The van der Waals surface area contributed by atoms with E-state index in [1.807, 2.05) is 31.2 Å². The number of methoxy groups -OCH3 is 1. The third-order valence-corrected chi connectivity index (χ3v) is 2.88. The molecule has 0 saturated carbocycles. The van der Waals surface area contributed by atoms with Gasteiger partial charge in [-0.05, 0) is 24.6 Å². The first-order valence-corrected chi connectivity index (χ1v) is 6.17. The Morgan fingerprint density at radius 2 is 2.11 bits per heavy atom. The molecule has 1 heterocycles. The van der Waals surface area contributed by atoms with E-state index in [9.17, 15) is 0 Å². The minimum Gasteiger partial charge on any atom is -0.481 e. The molecule has 0 aliphatic heterocycles. The van der Waals surface area contributed by atoms with Crippen LogP contribution in [0.2, 0.25) is 5.02 Å². The molecule has 100 valence electrons. The molecule has 0 radical (unpaired) electrons. The average molecular weight is 279 g/mol. The number of hydrogen-bond donors (Lipinski definition) is 2. The van der Waals surface area contributed by atoms with Gasteiger partial charge in [-0.25, -0.2) is 0 Å². The van der Waals surface area contributed by atoms with Crippen LogP contribution in [-0.2, 0) is 0 Å². The normalized spacial score (nSPS) is 11.9. The van der Waals surface area contributed by atoms with E-state index in [2.05, 4.69) is 15.3 Å². The zero-order valence-corrected chi connectivity index (χ0v) is 11.5. The van der Waals surface area contributed by atoms with E-state index in [4.69, 9.17) is 22.1 Å². The summed E-state index contributed by atoms with van der Waals surface area (Å²) in [5.74, 6) is 1.20. The molecule has 1 aromatic heterocycles. The summed E-state index contributed by atoms with van der Waals surface area (Å²) >= 11 is 5.97. The molecular formula is C13H15ClN4O. The molecule has 0 aliphatic carbocycles. The molecule has 3 N–H and O–H groups in total. The second kappa shape index (κ2) is 5.75. The number of hydrogen-bond acceptors (Lipinski definition) is 5. The van der Waals surface area contributed by atoms with E-state index in [-0.39, 0.29) is 12.0 Å². The van der Waals surface area contributed by atoms with Crippen LogP contribution in [0.15, 0.2) is 30.3 Å². The van der Waals surface area contributed by atoms with E-state index in [0.717, 1.165) is 5.56 Å². The van der Waals surface area contributed by atoms with Crippen molar-refractivity contribution >= 4 is 23.4 Å². The highest BCUT2D eigenvalue weighted by atomic mass is 35.5. The lowest BCUT2D eigenvalue weighted by molar-refractivity contribution is 0.398. The van der Waals surface area contributed by atoms with Gasteiger partial charge in [0.1, 0.15) is 5.82 Å². The number of nitrogens with two attached hydrogens (primary N) is 1. The summed E-state index contributed by atoms with van der Waals surface area (Å²) in [6, 6.07) is 9.37. The maximum Gasteiger partial charge on any atom is 0.225 e. The van der Waals surface area contributed by atoms with Crippen molar-refractivity contribution in [1.29, 1.82) is 0 Å². The average Bonchev–Trinajstić information content (AvgIpc) is 2.38. The number of rotatable bonds is 4. The van der Waals surface area contributed by atoms with Gasteiger partial charge < -0.3 is 15.8 Å². The fourth-order valence-corrected chi connectivity index (χ4v) is 1.90. The molecule has 0 fully saturated rings. The van der Waals surface area contributed by atoms with Crippen LogP contribution in [0.5, 0.6) is 5.88 Å². The van der Waals surface area contributed by atoms with Gasteiger partial charge in [-0.3, -0.25) is 0 Å². The van der Waals surface area contributed by atoms with Crippen LogP contribution in [0.4, 0.5) is 11.8 Å². The Labute approximate surface area is 116 Å². The summed E-state index contributed by atoms with van der Waals surface area (Å²) in [5, 5.41) is 3.93. The first kappa shape index (κ1) is 13.4. The number of benzene rings is 1. The molecule has 6 heteroatoms. The molecule has 1 atom stereocenters. The van der Waals surface area contributed by atoms with Gasteiger partial charge in [0.2, 0.25) is 11.8 Å². The molecular weight excluding hydrogens is 264 g/mol. The van der Waals surface area contributed by atoms with Crippen LogP contribution in [0.25, 0.3) is 0 Å². The van der Waals surface area contributed by atoms with Crippen LogP contribution in [0.1, 0.15) is 18.5 Å². The molecule has 1 unspecified atom stereocenters. The maximum atomic E-state index is 5.97. The van der Waals surface area contributed by atoms with Crippen molar-refractivity contribution in [3.05, 3.63) is 40.9 Å². The summed E-state index contributed by atoms with van der Waals surface area (Å²) in [7, 11) is 1.53. The van der Waals surface area contributed by atoms with Gasteiger partial charge in [-0.1, -0.05) is 23.7 Å². The lowest BCUT2D eigenvalue weighted by Crippen LogP contribution is -2.09. The Hall–Kier alpha value is -2.01. The fraction of sp³-hybridized carbons (Fsp3) is 0.231. The molecule has 0 spiro atoms. The minimum atomic E-state index is 0.0395. The van der Waals surface area contributed by atoms with Crippen LogP contribution in [0, 0.1) is 0 Å². The number of nitrogens with zero attached hydrogens (tertiary/aromatic N) is 2. The molecule has 2 aromatic rings. The molecule has 2 rings (SSSR count). The Morgan fingerprint density at radius 3 is 2.79 bits per heavy atom. The maximum absolute atomic E-state index is 5.97. The number of halogens is 1. The SMILES string of the molecule is COc1cc(NC(C)c2cccc(Cl)c2)nc(N)n1. The summed E-state index contributed by atoms with van der Waals surface area (Å²) < 4.78 is 5.05. The molecule has 0 amide bonds. The van der Waals surface area contributed by atoms with E-state index in [1.165, 1.54) is 7.11 Å². The molecule has 1 aromatic carbocycles. The van der Waals surface area contributed by atoms with Crippen molar-refractivity contribution in [2.24, 2.45) is 0 Å². The molecule has 5 nitrogen and oxygen atoms in total. The van der Waals surface area contributed by atoms with Crippen molar-refractivity contribution < 1.29 is 4.74 Å². The largest absolute Gasteiger partial charge is 0.481 e. The van der Waals surface area contributed by atoms with Gasteiger partial charge in [0.15, 0.2) is 0 Å². The van der Waals surface area contributed by atoms with Gasteiger partial charge in [0.25, 0.3) is 0 Å². The smallest absolute Gasteiger partial charge is 0.225 e.